The van der Waals surface area contributed by atoms with Crippen molar-refractivity contribution in [2.75, 3.05) is 33.1 Å². The first-order valence-corrected chi connectivity index (χ1v) is 17.4. The molecule has 47 heavy (non-hydrogen) atoms. The molecule has 0 saturated heterocycles. The monoisotopic (exact) mass is 658 g/mol. The Morgan fingerprint density at radius 3 is 2.26 bits per heavy atom. The van der Waals surface area contributed by atoms with Gasteiger partial charge in [-0.1, -0.05) is 77.6 Å². The molecule has 8 nitrogen and oxygen atoms in total. The van der Waals surface area contributed by atoms with E-state index in [4.69, 9.17) is 14.2 Å². The topological polar surface area (TPSA) is 87.5 Å². The summed E-state index contributed by atoms with van der Waals surface area (Å²) < 4.78 is 19.0. The number of thioether (sulfide) groups is 1. The molecule has 1 amide bonds. The van der Waals surface area contributed by atoms with Crippen LogP contribution in [-0.2, 0) is 15.6 Å². The quantitative estimate of drug-likeness (QED) is 0.0901. The van der Waals surface area contributed by atoms with Gasteiger partial charge in [0.15, 0.2) is 11.0 Å². The molecule has 0 atom stereocenters. The largest absolute Gasteiger partial charge is 0.497 e. The molecule has 252 valence electrons. The van der Waals surface area contributed by atoms with Gasteiger partial charge in [0, 0.05) is 23.4 Å². The molecule has 1 N–H and O–H groups in total. The van der Waals surface area contributed by atoms with Crippen molar-refractivity contribution in [1.82, 2.24) is 20.1 Å². The fourth-order valence-electron chi connectivity index (χ4n) is 5.09. The van der Waals surface area contributed by atoms with Crippen LogP contribution in [0.25, 0.3) is 17.1 Å². The van der Waals surface area contributed by atoms with Crippen LogP contribution in [0.15, 0.2) is 71.9 Å². The van der Waals surface area contributed by atoms with E-state index in [1.54, 1.807) is 14.2 Å². The zero-order valence-electron chi connectivity index (χ0n) is 29.2. The van der Waals surface area contributed by atoms with E-state index in [9.17, 15) is 4.79 Å². The number of rotatable bonds is 17. The van der Waals surface area contributed by atoms with Crippen LogP contribution in [0.5, 0.6) is 17.2 Å². The standard InChI is InChI=1S/C38H50N4O4S/c1-9-37(3,4)28-16-21-33(32(25-28)38(5,6)10-2)46-23-12-11-22-39-34(43)26-47-36-41-40-35(27-14-13-15-31(24-27)45-8)42(36)29-17-19-30(44-7)20-18-29/h13-21,24-25H,9-12,22-23,26H2,1-8H3,(H,39,43). The van der Waals surface area contributed by atoms with Gasteiger partial charge >= 0.3 is 0 Å². The number of carbonyl (C=O) groups excluding carboxylic acids is 1. The van der Waals surface area contributed by atoms with Gasteiger partial charge in [-0.25, -0.2) is 0 Å². The Bertz CT molecular complexity index is 1610. The van der Waals surface area contributed by atoms with Crippen molar-refractivity contribution in [3.63, 3.8) is 0 Å². The van der Waals surface area contributed by atoms with Gasteiger partial charge in [0.2, 0.25) is 5.91 Å². The molecule has 0 aliphatic carbocycles. The second kappa shape index (κ2) is 16.2. The summed E-state index contributed by atoms with van der Waals surface area (Å²) in [6.07, 6.45) is 3.78. The average molecular weight is 659 g/mol. The normalized spacial score (nSPS) is 11.7. The zero-order valence-corrected chi connectivity index (χ0v) is 30.0. The van der Waals surface area contributed by atoms with Crippen molar-refractivity contribution in [2.24, 2.45) is 0 Å². The lowest BCUT2D eigenvalue weighted by Gasteiger charge is -2.30. The van der Waals surface area contributed by atoms with E-state index in [0.29, 0.717) is 24.1 Å². The van der Waals surface area contributed by atoms with Gasteiger partial charge in [-0.3, -0.25) is 9.36 Å². The summed E-state index contributed by atoms with van der Waals surface area (Å²) in [5, 5.41) is 12.6. The smallest absolute Gasteiger partial charge is 0.230 e. The first-order chi connectivity index (χ1) is 22.5. The lowest BCUT2D eigenvalue weighted by Crippen LogP contribution is -2.26. The third kappa shape index (κ3) is 9.10. The Morgan fingerprint density at radius 1 is 0.851 bits per heavy atom. The van der Waals surface area contributed by atoms with E-state index < -0.39 is 0 Å². The van der Waals surface area contributed by atoms with E-state index in [1.807, 2.05) is 53.1 Å². The Labute approximate surface area is 284 Å². The van der Waals surface area contributed by atoms with E-state index in [0.717, 1.165) is 54.2 Å². The minimum absolute atomic E-state index is 0.0210. The van der Waals surface area contributed by atoms with Gasteiger partial charge in [-0.2, -0.15) is 0 Å². The lowest BCUT2D eigenvalue weighted by atomic mass is 9.76. The van der Waals surface area contributed by atoms with Gasteiger partial charge in [-0.15, -0.1) is 10.2 Å². The summed E-state index contributed by atoms with van der Waals surface area (Å²) in [6, 6.07) is 22.1. The molecule has 3 aromatic carbocycles. The van der Waals surface area contributed by atoms with Gasteiger partial charge in [0.05, 0.1) is 26.6 Å². The molecule has 0 aliphatic rings. The van der Waals surface area contributed by atoms with Crippen LogP contribution in [0.1, 0.15) is 78.4 Å². The molecule has 0 fully saturated rings. The number of methoxy groups -OCH3 is 2. The molecule has 0 radical (unpaired) electrons. The van der Waals surface area contributed by atoms with E-state index in [2.05, 4.69) is 75.3 Å². The van der Waals surface area contributed by atoms with Gasteiger partial charge in [0.25, 0.3) is 0 Å². The van der Waals surface area contributed by atoms with E-state index >= 15 is 0 Å². The maximum Gasteiger partial charge on any atom is 0.230 e. The summed E-state index contributed by atoms with van der Waals surface area (Å²) in [5.41, 5.74) is 4.48. The number of amides is 1. The van der Waals surface area contributed by atoms with Crippen molar-refractivity contribution in [3.05, 3.63) is 77.9 Å². The third-order valence-corrected chi connectivity index (χ3v) is 9.96. The highest BCUT2D eigenvalue weighted by Crippen LogP contribution is 2.38. The van der Waals surface area contributed by atoms with Crippen LogP contribution in [0.4, 0.5) is 0 Å². The van der Waals surface area contributed by atoms with E-state index in [1.165, 1.54) is 22.9 Å². The minimum atomic E-state index is -0.0516. The molecule has 1 aromatic heterocycles. The Morgan fingerprint density at radius 2 is 1.57 bits per heavy atom. The van der Waals surface area contributed by atoms with Gasteiger partial charge < -0.3 is 19.5 Å². The summed E-state index contributed by atoms with van der Waals surface area (Å²) in [4.78, 5) is 12.8. The molecule has 0 aliphatic heterocycles. The Balaban J connectivity index is 1.33. The predicted molar refractivity (Wildman–Crippen MR) is 191 cm³/mol. The SMILES string of the molecule is CCC(C)(C)c1ccc(OCCCCNC(=O)CSc2nnc(-c3cccc(OC)c3)n2-c2ccc(OC)cc2)c(C(C)(C)CC)c1. The van der Waals surface area contributed by atoms with Crippen molar-refractivity contribution in [2.45, 2.75) is 83.2 Å². The summed E-state index contributed by atoms with van der Waals surface area (Å²) in [7, 11) is 3.27. The second-order valence-electron chi connectivity index (χ2n) is 13.0. The number of nitrogens with zero attached hydrogens (tertiary/aromatic N) is 3. The number of hydrogen-bond donors (Lipinski definition) is 1. The number of carbonyl (C=O) groups is 1. The molecule has 4 aromatic rings. The second-order valence-corrected chi connectivity index (χ2v) is 13.9. The summed E-state index contributed by atoms with van der Waals surface area (Å²) in [6.45, 7) is 14.8. The van der Waals surface area contributed by atoms with Crippen molar-refractivity contribution in [1.29, 1.82) is 0 Å². The highest BCUT2D eigenvalue weighted by atomic mass is 32.2. The highest BCUT2D eigenvalue weighted by Gasteiger charge is 2.26. The zero-order chi connectivity index (χ0) is 34.0. The van der Waals surface area contributed by atoms with Crippen molar-refractivity contribution >= 4 is 17.7 Å². The molecular formula is C38H50N4O4S. The highest BCUT2D eigenvalue weighted by molar-refractivity contribution is 7.99. The molecule has 0 saturated carbocycles. The molecule has 1 heterocycles. The molecule has 9 heteroatoms. The van der Waals surface area contributed by atoms with Crippen LogP contribution >= 0.6 is 11.8 Å². The van der Waals surface area contributed by atoms with Crippen LogP contribution in [-0.4, -0.2) is 53.8 Å². The molecule has 4 rings (SSSR count). The maximum absolute atomic E-state index is 12.8. The van der Waals surface area contributed by atoms with Crippen LogP contribution in [0.2, 0.25) is 0 Å². The van der Waals surface area contributed by atoms with Gasteiger partial charge in [-0.05, 0) is 84.5 Å². The van der Waals surface area contributed by atoms with Gasteiger partial charge in [0.1, 0.15) is 17.2 Å². The number of ether oxygens (including phenoxy) is 3. The van der Waals surface area contributed by atoms with E-state index in [-0.39, 0.29) is 22.5 Å². The molecule has 0 spiro atoms. The maximum atomic E-state index is 12.8. The molecule has 0 unspecified atom stereocenters. The van der Waals surface area contributed by atoms with Crippen molar-refractivity contribution < 1.29 is 19.0 Å². The first-order valence-electron chi connectivity index (χ1n) is 16.4. The molecule has 0 bridgehead atoms. The third-order valence-electron chi connectivity index (χ3n) is 9.03. The lowest BCUT2D eigenvalue weighted by molar-refractivity contribution is -0.118. The number of hydrogen-bond acceptors (Lipinski definition) is 7. The average Bonchev–Trinajstić information content (AvgIpc) is 3.52. The summed E-state index contributed by atoms with van der Waals surface area (Å²) in [5.74, 6) is 3.27. The number of unbranched alkanes of at least 4 members (excludes halogenated alkanes) is 1. The van der Waals surface area contributed by atoms with Crippen LogP contribution < -0.4 is 19.5 Å². The minimum Gasteiger partial charge on any atom is -0.497 e. The molecular weight excluding hydrogens is 609 g/mol. The number of benzene rings is 3. The number of aromatic nitrogens is 3. The fourth-order valence-corrected chi connectivity index (χ4v) is 5.88. The van der Waals surface area contributed by atoms with Crippen LogP contribution in [0, 0.1) is 0 Å². The predicted octanol–water partition coefficient (Wildman–Crippen LogP) is 8.39. The first kappa shape index (κ1) is 35.9. The van der Waals surface area contributed by atoms with Crippen molar-refractivity contribution in [3.8, 4) is 34.3 Å². The summed E-state index contributed by atoms with van der Waals surface area (Å²) >= 11 is 1.35. The van der Waals surface area contributed by atoms with Crippen LogP contribution in [0.3, 0.4) is 0 Å². The Hall–Kier alpha value is -3.98. The fraction of sp³-hybridized carbons (Fsp3) is 0.447. The number of nitrogens with one attached hydrogen (secondary N) is 1. The Kier molecular flexibility index (Phi) is 12.4.